The van der Waals surface area contributed by atoms with E-state index in [4.69, 9.17) is 5.11 Å². The number of phenolic OH excluding ortho intramolecular Hbond substituents is 1. The Balaban J connectivity index is 2.11. The Morgan fingerprint density at radius 1 is 1.07 bits per heavy atom. The lowest BCUT2D eigenvalue weighted by molar-refractivity contribution is -0.137. The van der Waals surface area contributed by atoms with Crippen LogP contribution in [-0.4, -0.2) is 44.8 Å². The van der Waals surface area contributed by atoms with Crippen molar-refractivity contribution in [3.63, 3.8) is 0 Å². The molecule has 1 aromatic heterocycles. The molecule has 4 N–H and O–H groups in total. The number of hydrogen-bond donors (Lipinski definition) is 4. The van der Waals surface area contributed by atoms with Crippen LogP contribution in [0.15, 0.2) is 36.4 Å². The fourth-order valence-electron chi connectivity index (χ4n) is 2.79. The third kappa shape index (κ3) is 4.00. The number of aliphatic hydroxyl groups excluding tert-OH is 2. The van der Waals surface area contributed by atoms with Gasteiger partial charge in [0.15, 0.2) is 5.82 Å². The number of halogens is 3. The van der Waals surface area contributed by atoms with E-state index < -0.39 is 30.2 Å². The van der Waals surface area contributed by atoms with Gasteiger partial charge in [0.2, 0.25) is 0 Å². The van der Waals surface area contributed by atoms with E-state index in [1.54, 1.807) is 12.1 Å². The number of aliphatic hydroxyl groups is 2. The summed E-state index contributed by atoms with van der Waals surface area (Å²) in [6.45, 7) is 1.48. The lowest BCUT2D eigenvalue weighted by Gasteiger charge is -2.15. The Hall–Kier alpha value is -2.91. The monoisotopic (exact) mass is 393 g/mol. The van der Waals surface area contributed by atoms with Gasteiger partial charge in [0, 0.05) is 22.9 Å². The summed E-state index contributed by atoms with van der Waals surface area (Å²) in [5.74, 6) is -0.205. The zero-order valence-electron chi connectivity index (χ0n) is 14.8. The number of nitrogens with one attached hydrogen (secondary N) is 1. The van der Waals surface area contributed by atoms with Gasteiger partial charge in [-0.2, -0.15) is 13.2 Å². The maximum Gasteiger partial charge on any atom is 0.416 e. The van der Waals surface area contributed by atoms with E-state index in [1.807, 2.05) is 13.0 Å². The van der Waals surface area contributed by atoms with Crippen LogP contribution in [0.4, 0.5) is 19.0 Å². The Morgan fingerprint density at radius 2 is 1.82 bits per heavy atom. The first-order chi connectivity index (χ1) is 13.2. The van der Waals surface area contributed by atoms with Gasteiger partial charge in [-0.05, 0) is 31.2 Å². The lowest BCUT2D eigenvalue weighted by atomic mass is 10.0. The molecule has 3 aromatic rings. The molecule has 0 aliphatic heterocycles. The minimum Gasteiger partial charge on any atom is -0.507 e. The highest BCUT2D eigenvalue weighted by Gasteiger charge is 2.31. The van der Waals surface area contributed by atoms with Crippen LogP contribution < -0.4 is 5.32 Å². The highest BCUT2D eigenvalue weighted by atomic mass is 19.4. The molecule has 0 fully saturated rings. The van der Waals surface area contributed by atoms with Gasteiger partial charge < -0.3 is 20.6 Å². The number of benzene rings is 2. The molecule has 0 aliphatic carbocycles. The van der Waals surface area contributed by atoms with E-state index in [-0.39, 0.29) is 17.8 Å². The SMILES string of the molecule is Cc1ccc2c(-c3ccc(C(F)(F)F)cc3O)nnc(NC[C@H](O)CO)c2c1. The number of nitrogens with zero attached hydrogens (tertiary/aromatic N) is 2. The summed E-state index contributed by atoms with van der Waals surface area (Å²) in [6, 6.07) is 8.04. The molecule has 0 spiro atoms. The van der Waals surface area contributed by atoms with E-state index in [9.17, 15) is 23.4 Å². The van der Waals surface area contributed by atoms with Gasteiger partial charge in [-0.25, -0.2) is 0 Å². The van der Waals surface area contributed by atoms with Crippen molar-refractivity contribution >= 4 is 16.6 Å². The average Bonchev–Trinajstić information content (AvgIpc) is 2.65. The summed E-state index contributed by atoms with van der Waals surface area (Å²) in [7, 11) is 0. The van der Waals surface area contributed by atoms with Gasteiger partial charge in [0.1, 0.15) is 11.4 Å². The molecular weight excluding hydrogens is 375 g/mol. The number of aryl methyl sites for hydroxylation is 1. The molecule has 0 bridgehead atoms. The smallest absolute Gasteiger partial charge is 0.416 e. The normalized spacial score (nSPS) is 12.9. The second-order valence-corrected chi connectivity index (χ2v) is 6.39. The Morgan fingerprint density at radius 3 is 2.46 bits per heavy atom. The number of rotatable bonds is 5. The summed E-state index contributed by atoms with van der Waals surface area (Å²) in [5.41, 5.74) is 0.303. The van der Waals surface area contributed by atoms with Crippen molar-refractivity contribution in [2.24, 2.45) is 0 Å². The van der Waals surface area contributed by atoms with Crippen LogP contribution in [-0.2, 0) is 6.18 Å². The van der Waals surface area contributed by atoms with Crippen LogP contribution in [0.2, 0.25) is 0 Å². The predicted octanol–water partition coefficient (Wildman–Crippen LogP) is 3.09. The highest BCUT2D eigenvalue weighted by molar-refractivity contribution is 6.01. The third-order valence-electron chi connectivity index (χ3n) is 4.23. The van der Waals surface area contributed by atoms with E-state index in [2.05, 4.69) is 15.5 Å². The van der Waals surface area contributed by atoms with Gasteiger partial charge in [-0.3, -0.25) is 0 Å². The molecule has 0 unspecified atom stereocenters. The number of anilines is 1. The summed E-state index contributed by atoms with van der Waals surface area (Å²) < 4.78 is 38.5. The van der Waals surface area contributed by atoms with Crippen molar-refractivity contribution in [2.45, 2.75) is 19.2 Å². The topological polar surface area (TPSA) is 98.5 Å². The standard InChI is InChI=1S/C19H18F3N3O3/c1-10-2-4-13-15(6-10)18(23-8-12(27)9-26)25-24-17(13)14-5-3-11(7-16(14)28)19(20,21)22/h2-7,12,26-28H,8-9H2,1H3,(H,23,25)/t12-/m0/s1. The summed E-state index contributed by atoms with van der Waals surface area (Å²) >= 11 is 0. The van der Waals surface area contributed by atoms with Crippen molar-refractivity contribution in [1.29, 1.82) is 0 Å². The van der Waals surface area contributed by atoms with Crippen molar-refractivity contribution in [2.75, 3.05) is 18.5 Å². The van der Waals surface area contributed by atoms with Crippen molar-refractivity contribution in [3.05, 3.63) is 47.5 Å². The fraction of sp³-hybridized carbons (Fsp3) is 0.263. The minimum atomic E-state index is -4.57. The molecule has 1 atom stereocenters. The first kappa shape index (κ1) is 19.8. The number of phenols is 1. The Kier molecular flexibility index (Phi) is 5.39. The first-order valence-corrected chi connectivity index (χ1v) is 8.41. The van der Waals surface area contributed by atoms with Crippen LogP contribution in [0.5, 0.6) is 5.75 Å². The Bertz CT molecular complexity index is 1010. The first-order valence-electron chi connectivity index (χ1n) is 8.41. The molecule has 2 aromatic carbocycles. The molecule has 0 radical (unpaired) electrons. The molecule has 1 heterocycles. The number of alkyl halides is 3. The lowest BCUT2D eigenvalue weighted by Crippen LogP contribution is -2.23. The maximum atomic E-state index is 12.8. The summed E-state index contributed by atoms with van der Waals surface area (Å²) in [6.07, 6.45) is -5.55. The van der Waals surface area contributed by atoms with Crippen molar-refractivity contribution < 1.29 is 28.5 Å². The summed E-state index contributed by atoms with van der Waals surface area (Å²) in [4.78, 5) is 0. The second kappa shape index (κ2) is 7.61. The molecule has 9 heteroatoms. The average molecular weight is 393 g/mol. The molecule has 6 nitrogen and oxygen atoms in total. The molecule has 0 saturated heterocycles. The summed E-state index contributed by atoms with van der Waals surface area (Å²) in [5, 5.41) is 40.8. The van der Waals surface area contributed by atoms with Gasteiger partial charge in [-0.15, -0.1) is 10.2 Å². The van der Waals surface area contributed by atoms with Crippen LogP contribution in [0.1, 0.15) is 11.1 Å². The van der Waals surface area contributed by atoms with Crippen LogP contribution in [0, 0.1) is 6.92 Å². The third-order valence-corrected chi connectivity index (χ3v) is 4.23. The highest BCUT2D eigenvalue weighted by Crippen LogP contribution is 2.38. The van der Waals surface area contributed by atoms with Crippen molar-refractivity contribution in [3.8, 4) is 17.0 Å². The number of aromatic hydroxyl groups is 1. The Labute approximate surface area is 158 Å². The number of aromatic nitrogens is 2. The maximum absolute atomic E-state index is 12.8. The minimum absolute atomic E-state index is 0.0408. The zero-order valence-corrected chi connectivity index (χ0v) is 14.8. The van der Waals surface area contributed by atoms with E-state index >= 15 is 0 Å². The van der Waals surface area contributed by atoms with Gasteiger partial charge in [0.05, 0.1) is 18.3 Å². The molecule has 0 amide bonds. The van der Waals surface area contributed by atoms with E-state index in [0.29, 0.717) is 22.7 Å². The van der Waals surface area contributed by atoms with Gasteiger partial charge >= 0.3 is 6.18 Å². The number of fused-ring (bicyclic) bond motifs is 1. The molecule has 148 valence electrons. The van der Waals surface area contributed by atoms with Crippen LogP contribution in [0.25, 0.3) is 22.0 Å². The predicted molar refractivity (Wildman–Crippen MR) is 98.0 cm³/mol. The number of hydrogen-bond acceptors (Lipinski definition) is 6. The second-order valence-electron chi connectivity index (χ2n) is 6.39. The van der Waals surface area contributed by atoms with Crippen LogP contribution >= 0.6 is 0 Å². The molecule has 0 aliphatic rings. The largest absolute Gasteiger partial charge is 0.507 e. The van der Waals surface area contributed by atoms with E-state index in [0.717, 1.165) is 17.7 Å². The quantitative estimate of drug-likeness (QED) is 0.532. The van der Waals surface area contributed by atoms with Gasteiger partial charge in [-0.1, -0.05) is 17.7 Å². The van der Waals surface area contributed by atoms with Crippen molar-refractivity contribution in [1.82, 2.24) is 10.2 Å². The molecule has 3 rings (SSSR count). The van der Waals surface area contributed by atoms with E-state index in [1.165, 1.54) is 0 Å². The fourth-order valence-corrected chi connectivity index (χ4v) is 2.79. The molecular formula is C19H18F3N3O3. The molecule has 28 heavy (non-hydrogen) atoms. The zero-order chi connectivity index (χ0) is 20.5. The molecule has 0 saturated carbocycles. The van der Waals surface area contributed by atoms with Crippen LogP contribution in [0.3, 0.4) is 0 Å². The van der Waals surface area contributed by atoms with Gasteiger partial charge in [0.25, 0.3) is 0 Å².